The third-order valence-corrected chi connectivity index (χ3v) is 5.42. The molecule has 0 aliphatic heterocycles. The minimum Gasteiger partial charge on any atom is -0.271 e. The molecule has 2 rings (SSSR count). The van der Waals surface area contributed by atoms with E-state index in [1.54, 1.807) is 11.8 Å². The van der Waals surface area contributed by atoms with E-state index in [2.05, 4.69) is 48.3 Å². The van der Waals surface area contributed by atoms with Gasteiger partial charge in [0.2, 0.25) is 0 Å². The van der Waals surface area contributed by atoms with Gasteiger partial charge in [-0.2, -0.15) is 0 Å². The van der Waals surface area contributed by atoms with Gasteiger partial charge < -0.3 is 0 Å². The molecule has 1 aromatic heterocycles. The monoisotopic (exact) mass is 415 g/mol. The molecule has 0 bridgehead atoms. The largest absolute Gasteiger partial charge is 0.271 e. The Morgan fingerprint density at radius 3 is 2.65 bits per heavy atom. The van der Waals surface area contributed by atoms with Gasteiger partial charge in [-0.3, -0.25) is 16.3 Å². The molecule has 20 heavy (non-hydrogen) atoms. The Morgan fingerprint density at radius 1 is 1.20 bits per heavy atom. The van der Waals surface area contributed by atoms with Crippen LogP contribution in [0.3, 0.4) is 0 Å². The maximum atomic E-state index is 5.64. The second-order valence-electron chi connectivity index (χ2n) is 4.28. The number of rotatable bonds is 6. The summed E-state index contributed by atoms with van der Waals surface area (Å²) in [7, 11) is 0. The van der Waals surface area contributed by atoms with Crippen LogP contribution in [0.15, 0.2) is 56.4 Å². The summed E-state index contributed by atoms with van der Waals surface area (Å²) in [6.07, 6.45) is 2.62. The molecule has 1 aromatic carbocycles. The molecule has 6 heteroatoms. The van der Waals surface area contributed by atoms with Crippen LogP contribution >= 0.6 is 43.6 Å². The van der Waals surface area contributed by atoms with Crippen molar-refractivity contribution in [3.8, 4) is 0 Å². The van der Waals surface area contributed by atoms with Crippen LogP contribution in [-0.4, -0.2) is 16.8 Å². The third-order valence-electron chi connectivity index (χ3n) is 2.76. The van der Waals surface area contributed by atoms with E-state index >= 15 is 0 Å². The molecule has 0 spiro atoms. The van der Waals surface area contributed by atoms with Crippen molar-refractivity contribution in [1.29, 1.82) is 0 Å². The van der Waals surface area contributed by atoms with E-state index in [0.29, 0.717) is 0 Å². The standard InChI is InChI=1S/C14H15Br2N3S/c15-10-5-6-11(18-8-10)7-12(19-17)9-20-14-4-2-1-3-13(14)16/h1-6,8,12,19H,7,9,17H2. The Kier molecular flexibility index (Phi) is 6.51. The van der Waals surface area contributed by atoms with E-state index in [0.717, 1.165) is 26.8 Å². The molecule has 0 aliphatic rings. The van der Waals surface area contributed by atoms with Gasteiger partial charge in [-0.05, 0) is 56.1 Å². The molecule has 2 aromatic rings. The first-order valence-electron chi connectivity index (χ1n) is 6.13. The van der Waals surface area contributed by atoms with Crippen LogP contribution in [0, 0.1) is 0 Å². The molecule has 3 nitrogen and oxygen atoms in total. The smallest absolute Gasteiger partial charge is 0.0420 e. The van der Waals surface area contributed by atoms with Crippen molar-refractivity contribution in [2.75, 3.05) is 5.75 Å². The molecule has 106 valence electrons. The summed E-state index contributed by atoms with van der Waals surface area (Å²) in [5.74, 6) is 6.53. The highest BCUT2D eigenvalue weighted by Gasteiger charge is 2.10. The van der Waals surface area contributed by atoms with Crippen molar-refractivity contribution < 1.29 is 0 Å². The van der Waals surface area contributed by atoms with Gasteiger partial charge in [0.15, 0.2) is 0 Å². The molecule has 0 radical (unpaired) electrons. The number of nitrogens with two attached hydrogens (primary N) is 1. The van der Waals surface area contributed by atoms with E-state index in [-0.39, 0.29) is 6.04 Å². The quantitative estimate of drug-likeness (QED) is 0.427. The van der Waals surface area contributed by atoms with Crippen LogP contribution < -0.4 is 11.3 Å². The van der Waals surface area contributed by atoms with Crippen LogP contribution in [0.5, 0.6) is 0 Å². The van der Waals surface area contributed by atoms with Crippen molar-refractivity contribution in [1.82, 2.24) is 10.4 Å². The van der Waals surface area contributed by atoms with Gasteiger partial charge in [-0.15, -0.1) is 11.8 Å². The van der Waals surface area contributed by atoms with Gasteiger partial charge in [0.25, 0.3) is 0 Å². The highest BCUT2D eigenvalue weighted by Crippen LogP contribution is 2.27. The predicted octanol–water partition coefficient (Wildman–Crippen LogP) is 3.77. The number of hydrogen-bond acceptors (Lipinski definition) is 4. The fourth-order valence-corrected chi connectivity index (χ4v) is 3.54. The first-order valence-corrected chi connectivity index (χ1v) is 8.70. The molecule has 0 fully saturated rings. The molecule has 1 unspecified atom stereocenters. The van der Waals surface area contributed by atoms with Crippen molar-refractivity contribution >= 4 is 43.6 Å². The Balaban J connectivity index is 1.92. The number of nitrogens with zero attached hydrogens (tertiary/aromatic N) is 1. The maximum absolute atomic E-state index is 5.64. The zero-order valence-electron chi connectivity index (χ0n) is 10.7. The lowest BCUT2D eigenvalue weighted by molar-refractivity contribution is 0.569. The number of nitrogens with one attached hydrogen (secondary N) is 1. The SMILES string of the molecule is NNC(CSc1ccccc1Br)Cc1ccc(Br)cn1. The number of hydrazine groups is 1. The Bertz CT molecular complexity index is 548. The molecule has 1 atom stereocenters. The Morgan fingerprint density at radius 2 is 2.00 bits per heavy atom. The van der Waals surface area contributed by atoms with Crippen molar-refractivity contribution in [3.05, 3.63) is 57.2 Å². The molecule has 0 saturated heterocycles. The molecular formula is C14H15Br2N3S. The fraction of sp³-hybridized carbons (Fsp3) is 0.214. The zero-order valence-corrected chi connectivity index (χ0v) is 14.7. The van der Waals surface area contributed by atoms with Gasteiger partial charge in [-0.1, -0.05) is 12.1 Å². The van der Waals surface area contributed by atoms with Gasteiger partial charge in [0, 0.05) is 43.9 Å². The van der Waals surface area contributed by atoms with Crippen molar-refractivity contribution in [2.45, 2.75) is 17.4 Å². The number of aromatic nitrogens is 1. The van der Waals surface area contributed by atoms with Gasteiger partial charge in [0.05, 0.1) is 0 Å². The minimum absolute atomic E-state index is 0.181. The Labute approximate surface area is 140 Å². The average molecular weight is 417 g/mol. The molecular weight excluding hydrogens is 402 g/mol. The second kappa shape index (κ2) is 8.14. The summed E-state index contributed by atoms with van der Waals surface area (Å²) in [4.78, 5) is 5.60. The van der Waals surface area contributed by atoms with Gasteiger partial charge in [-0.25, -0.2) is 0 Å². The van der Waals surface area contributed by atoms with E-state index in [4.69, 9.17) is 5.84 Å². The van der Waals surface area contributed by atoms with E-state index in [9.17, 15) is 0 Å². The van der Waals surface area contributed by atoms with Crippen LogP contribution in [-0.2, 0) is 6.42 Å². The normalized spacial score (nSPS) is 12.3. The highest BCUT2D eigenvalue weighted by molar-refractivity contribution is 9.10. The van der Waals surface area contributed by atoms with E-state index in [1.807, 2.05) is 36.5 Å². The van der Waals surface area contributed by atoms with Crippen LogP contribution in [0.2, 0.25) is 0 Å². The lowest BCUT2D eigenvalue weighted by Crippen LogP contribution is -2.38. The third kappa shape index (κ3) is 4.86. The molecule has 0 saturated carbocycles. The topological polar surface area (TPSA) is 50.9 Å². The number of pyridine rings is 1. The number of halogens is 2. The predicted molar refractivity (Wildman–Crippen MR) is 91.6 cm³/mol. The summed E-state index contributed by atoms with van der Waals surface area (Å²) >= 11 is 8.71. The van der Waals surface area contributed by atoms with E-state index in [1.165, 1.54) is 4.90 Å². The molecule has 0 amide bonds. The zero-order chi connectivity index (χ0) is 14.4. The summed E-state index contributed by atoms with van der Waals surface area (Å²) in [6, 6.07) is 12.4. The first kappa shape index (κ1) is 16.0. The van der Waals surface area contributed by atoms with E-state index < -0.39 is 0 Å². The van der Waals surface area contributed by atoms with Gasteiger partial charge in [0.1, 0.15) is 0 Å². The first-order chi connectivity index (χ1) is 9.69. The molecule has 3 N–H and O–H groups in total. The fourth-order valence-electron chi connectivity index (χ4n) is 1.70. The van der Waals surface area contributed by atoms with Gasteiger partial charge >= 0.3 is 0 Å². The van der Waals surface area contributed by atoms with Crippen LogP contribution in [0.25, 0.3) is 0 Å². The second-order valence-corrected chi connectivity index (χ2v) is 7.11. The summed E-state index contributed by atoms with van der Waals surface area (Å²) in [5, 5.41) is 0. The highest BCUT2D eigenvalue weighted by atomic mass is 79.9. The van der Waals surface area contributed by atoms with Crippen molar-refractivity contribution in [2.24, 2.45) is 5.84 Å². The Hall–Kier alpha value is -0.400. The van der Waals surface area contributed by atoms with Crippen molar-refractivity contribution in [3.63, 3.8) is 0 Å². The lowest BCUT2D eigenvalue weighted by atomic mass is 10.2. The lowest BCUT2D eigenvalue weighted by Gasteiger charge is -2.15. The molecule has 0 aliphatic carbocycles. The summed E-state index contributed by atoms with van der Waals surface area (Å²) in [6.45, 7) is 0. The average Bonchev–Trinajstić information content (AvgIpc) is 2.47. The summed E-state index contributed by atoms with van der Waals surface area (Å²) < 4.78 is 2.10. The number of hydrogen-bond donors (Lipinski definition) is 2. The minimum atomic E-state index is 0.181. The number of benzene rings is 1. The van der Waals surface area contributed by atoms with Crippen LogP contribution in [0.4, 0.5) is 0 Å². The van der Waals surface area contributed by atoms with Crippen LogP contribution in [0.1, 0.15) is 5.69 Å². The summed E-state index contributed by atoms with van der Waals surface area (Å²) in [5.41, 5.74) is 3.90. The maximum Gasteiger partial charge on any atom is 0.0420 e. The molecule has 1 heterocycles. The number of thioether (sulfide) groups is 1.